The zero-order valence-electron chi connectivity index (χ0n) is 13.1. The summed E-state index contributed by atoms with van der Waals surface area (Å²) >= 11 is 0. The predicted molar refractivity (Wildman–Crippen MR) is 83.0 cm³/mol. The van der Waals surface area contributed by atoms with Gasteiger partial charge in [-0.3, -0.25) is 0 Å². The minimum absolute atomic E-state index is 0.0654. The van der Waals surface area contributed by atoms with Crippen LogP contribution in [-0.2, 0) is 13.5 Å². The molecule has 1 heterocycles. The van der Waals surface area contributed by atoms with E-state index in [1.165, 1.54) is 0 Å². The number of nitrogens with zero attached hydrogens (tertiary/aromatic N) is 2. The van der Waals surface area contributed by atoms with Gasteiger partial charge in [0.25, 0.3) is 0 Å². The first-order valence-corrected chi connectivity index (χ1v) is 7.20. The summed E-state index contributed by atoms with van der Waals surface area (Å²) in [6.07, 6.45) is 0.742. The molecular formula is C16H23N3O2. The van der Waals surface area contributed by atoms with E-state index in [2.05, 4.69) is 5.10 Å². The molecule has 0 amide bonds. The zero-order chi connectivity index (χ0) is 15.4. The molecule has 114 valence electrons. The number of nitrogens with two attached hydrogens (primary N) is 1. The molecule has 2 rings (SSSR count). The Labute approximate surface area is 125 Å². The van der Waals surface area contributed by atoms with Crippen LogP contribution < -0.4 is 15.2 Å². The van der Waals surface area contributed by atoms with E-state index in [0.29, 0.717) is 6.61 Å². The van der Waals surface area contributed by atoms with Crippen LogP contribution in [-0.4, -0.2) is 22.4 Å². The van der Waals surface area contributed by atoms with Crippen LogP contribution in [0.5, 0.6) is 17.4 Å². The minimum atomic E-state index is 0.0654. The zero-order valence-corrected chi connectivity index (χ0v) is 13.1. The first-order valence-electron chi connectivity index (χ1n) is 7.20. The number of aryl methyl sites for hydroxylation is 2. The second kappa shape index (κ2) is 6.63. The minimum Gasteiger partial charge on any atom is -0.494 e. The van der Waals surface area contributed by atoms with Crippen LogP contribution in [0.25, 0.3) is 0 Å². The Balaban J connectivity index is 2.22. The van der Waals surface area contributed by atoms with Crippen LogP contribution in [0.15, 0.2) is 24.3 Å². The van der Waals surface area contributed by atoms with Gasteiger partial charge in [0.2, 0.25) is 5.88 Å². The fourth-order valence-corrected chi connectivity index (χ4v) is 2.25. The monoisotopic (exact) mass is 289 g/mol. The molecule has 21 heavy (non-hydrogen) atoms. The number of aromatic nitrogens is 2. The van der Waals surface area contributed by atoms with Crippen molar-refractivity contribution in [2.75, 3.05) is 6.61 Å². The van der Waals surface area contributed by atoms with Crippen molar-refractivity contribution in [1.82, 2.24) is 9.78 Å². The molecule has 0 radical (unpaired) electrons. The third-order valence-corrected chi connectivity index (χ3v) is 3.16. The van der Waals surface area contributed by atoms with E-state index >= 15 is 0 Å². The van der Waals surface area contributed by atoms with Gasteiger partial charge in [-0.15, -0.1) is 0 Å². The Morgan fingerprint density at radius 1 is 1.24 bits per heavy atom. The van der Waals surface area contributed by atoms with Crippen molar-refractivity contribution < 1.29 is 9.47 Å². The van der Waals surface area contributed by atoms with Gasteiger partial charge in [-0.2, -0.15) is 5.10 Å². The highest BCUT2D eigenvalue weighted by Crippen LogP contribution is 2.29. The van der Waals surface area contributed by atoms with E-state index in [1.807, 2.05) is 52.1 Å². The third-order valence-electron chi connectivity index (χ3n) is 3.16. The Bertz CT molecular complexity index is 588. The number of benzene rings is 1. The van der Waals surface area contributed by atoms with Gasteiger partial charge < -0.3 is 15.2 Å². The van der Waals surface area contributed by atoms with Crippen LogP contribution in [0, 0.1) is 6.92 Å². The molecular weight excluding hydrogens is 266 g/mol. The summed E-state index contributed by atoms with van der Waals surface area (Å²) in [5.41, 5.74) is 7.92. The maximum atomic E-state index is 5.98. The number of hydrogen-bond acceptors (Lipinski definition) is 4. The quantitative estimate of drug-likeness (QED) is 0.888. The molecule has 0 spiro atoms. The lowest BCUT2D eigenvalue weighted by atomic mass is 10.1. The first kappa shape index (κ1) is 15.4. The van der Waals surface area contributed by atoms with E-state index in [1.54, 1.807) is 4.68 Å². The maximum absolute atomic E-state index is 5.98. The van der Waals surface area contributed by atoms with E-state index in [0.717, 1.165) is 35.1 Å². The van der Waals surface area contributed by atoms with Crippen molar-refractivity contribution in [1.29, 1.82) is 0 Å². The van der Waals surface area contributed by atoms with Gasteiger partial charge in [-0.1, -0.05) is 0 Å². The molecule has 0 aliphatic heterocycles. The number of hydrogen-bond donors (Lipinski definition) is 1. The summed E-state index contributed by atoms with van der Waals surface area (Å²) in [7, 11) is 1.88. The fourth-order valence-electron chi connectivity index (χ4n) is 2.25. The Hall–Kier alpha value is -2.01. The topological polar surface area (TPSA) is 62.3 Å². The lowest BCUT2D eigenvalue weighted by Gasteiger charge is -2.11. The second-order valence-electron chi connectivity index (χ2n) is 5.18. The standard InChI is InChI=1S/C16H23N3O2/c1-5-20-13-6-8-14(9-7-13)21-16-15(10-11(2)17)12(3)18-19(16)4/h6-9,11H,5,10,17H2,1-4H3. The van der Waals surface area contributed by atoms with Crippen LogP contribution in [0.4, 0.5) is 0 Å². The lowest BCUT2D eigenvalue weighted by molar-refractivity contribution is 0.339. The summed E-state index contributed by atoms with van der Waals surface area (Å²) in [4.78, 5) is 0. The van der Waals surface area contributed by atoms with E-state index in [4.69, 9.17) is 15.2 Å². The Kier molecular flexibility index (Phi) is 4.85. The number of rotatable bonds is 6. The van der Waals surface area contributed by atoms with Gasteiger partial charge in [-0.05, 0) is 51.5 Å². The normalized spacial score (nSPS) is 12.2. The van der Waals surface area contributed by atoms with Crippen molar-refractivity contribution in [3.05, 3.63) is 35.5 Å². The third kappa shape index (κ3) is 3.76. The highest BCUT2D eigenvalue weighted by Gasteiger charge is 2.16. The lowest BCUT2D eigenvalue weighted by Crippen LogP contribution is -2.18. The van der Waals surface area contributed by atoms with E-state index in [9.17, 15) is 0 Å². The largest absolute Gasteiger partial charge is 0.494 e. The molecule has 0 saturated heterocycles. The van der Waals surface area contributed by atoms with Gasteiger partial charge in [-0.25, -0.2) is 4.68 Å². The number of ether oxygens (including phenoxy) is 2. The maximum Gasteiger partial charge on any atom is 0.221 e. The van der Waals surface area contributed by atoms with Crippen LogP contribution in [0.1, 0.15) is 25.1 Å². The van der Waals surface area contributed by atoms with Gasteiger partial charge in [0, 0.05) is 18.7 Å². The van der Waals surface area contributed by atoms with Crippen molar-refractivity contribution >= 4 is 0 Å². The molecule has 1 atom stereocenters. The van der Waals surface area contributed by atoms with Gasteiger partial charge in [0.1, 0.15) is 11.5 Å². The Morgan fingerprint density at radius 2 is 1.86 bits per heavy atom. The van der Waals surface area contributed by atoms with E-state index in [-0.39, 0.29) is 6.04 Å². The molecule has 0 saturated carbocycles. The van der Waals surface area contributed by atoms with Crippen LogP contribution in [0.2, 0.25) is 0 Å². The van der Waals surface area contributed by atoms with Gasteiger partial charge in [0.15, 0.2) is 0 Å². The molecule has 1 aromatic carbocycles. The fraction of sp³-hybridized carbons (Fsp3) is 0.438. The Morgan fingerprint density at radius 3 is 2.43 bits per heavy atom. The van der Waals surface area contributed by atoms with Crippen LogP contribution in [0.3, 0.4) is 0 Å². The predicted octanol–water partition coefficient (Wildman–Crippen LogP) is 2.81. The van der Waals surface area contributed by atoms with Gasteiger partial charge >= 0.3 is 0 Å². The molecule has 5 heteroatoms. The summed E-state index contributed by atoms with van der Waals surface area (Å²) in [5.74, 6) is 2.34. The summed E-state index contributed by atoms with van der Waals surface area (Å²) in [6, 6.07) is 7.64. The highest BCUT2D eigenvalue weighted by molar-refractivity contribution is 5.38. The molecule has 0 bridgehead atoms. The second-order valence-corrected chi connectivity index (χ2v) is 5.18. The smallest absolute Gasteiger partial charge is 0.221 e. The average molecular weight is 289 g/mol. The van der Waals surface area contributed by atoms with Crippen molar-refractivity contribution in [3.8, 4) is 17.4 Å². The summed E-state index contributed by atoms with van der Waals surface area (Å²) < 4.78 is 13.2. The molecule has 1 unspecified atom stereocenters. The summed E-state index contributed by atoms with van der Waals surface area (Å²) in [6.45, 7) is 6.57. The van der Waals surface area contributed by atoms with Gasteiger partial charge in [0.05, 0.1) is 12.3 Å². The molecule has 1 aromatic heterocycles. The van der Waals surface area contributed by atoms with Crippen LogP contribution >= 0.6 is 0 Å². The average Bonchev–Trinajstić information content (AvgIpc) is 2.68. The molecule has 5 nitrogen and oxygen atoms in total. The van der Waals surface area contributed by atoms with Crippen molar-refractivity contribution in [3.63, 3.8) is 0 Å². The first-order chi connectivity index (χ1) is 10.0. The molecule has 2 N–H and O–H groups in total. The molecule has 0 aliphatic rings. The van der Waals surface area contributed by atoms with Crippen molar-refractivity contribution in [2.24, 2.45) is 12.8 Å². The SMILES string of the molecule is CCOc1ccc(Oc2c(CC(C)N)c(C)nn2C)cc1. The summed E-state index contributed by atoms with van der Waals surface area (Å²) in [5, 5.41) is 4.42. The molecule has 2 aromatic rings. The molecule has 0 fully saturated rings. The molecule has 0 aliphatic carbocycles. The van der Waals surface area contributed by atoms with E-state index < -0.39 is 0 Å². The highest BCUT2D eigenvalue weighted by atomic mass is 16.5. The van der Waals surface area contributed by atoms with Crippen molar-refractivity contribution in [2.45, 2.75) is 33.2 Å².